The predicted octanol–water partition coefficient (Wildman–Crippen LogP) is 2.99. The summed E-state index contributed by atoms with van der Waals surface area (Å²) in [5.74, 6) is 0.952. The summed E-state index contributed by atoms with van der Waals surface area (Å²) in [6.07, 6.45) is 2.84. The van der Waals surface area contributed by atoms with Gasteiger partial charge in [-0.2, -0.15) is 0 Å². The van der Waals surface area contributed by atoms with Gasteiger partial charge in [0.15, 0.2) is 0 Å². The standard InChI is InChI=1S/C16H26N2/c1-12-5-9-15(10-6-12)16(17-3)13(2)18(4)11-14-7-8-14/h5-6,9-10,13-14,16-17H,7-8,11H2,1-4H3. The second-order valence-corrected chi connectivity index (χ2v) is 5.80. The first-order chi connectivity index (χ1) is 8.61. The Hall–Kier alpha value is -0.860. The number of benzene rings is 1. The molecule has 1 aliphatic carbocycles. The molecule has 0 aliphatic heterocycles. The average molecular weight is 246 g/mol. The monoisotopic (exact) mass is 246 g/mol. The summed E-state index contributed by atoms with van der Waals surface area (Å²) in [4.78, 5) is 2.50. The van der Waals surface area contributed by atoms with Crippen molar-refractivity contribution in [2.75, 3.05) is 20.6 Å². The van der Waals surface area contributed by atoms with Crippen LogP contribution in [0.2, 0.25) is 0 Å². The molecule has 2 rings (SSSR count). The Bertz CT molecular complexity index is 367. The first-order valence-electron chi connectivity index (χ1n) is 7.06. The molecule has 0 bridgehead atoms. The molecule has 2 atom stereocenters. The molecule has 2 nitrogen and oxygen atoms in total. The summed E-state index contributed by atoms with van der Waals surface area (Å²) in [5.41, 5.74) is 2.71. The molecule has 0 aromatic heterocycles. The fraction of sp³-hybridized carbons (Fsp3) is 0.625. The quantitative estimate of drug-likeness (QED) is 0.830. The Morgan fingerprint density at radius 2 is 1.89 bits per heavy atom. The van der Waals surface area contributed by atoms with Crippen LogP contribution in [0, 0.1) is 12.8 Å². The average Bonchev–Trinajstić information content (AvgIpc) is 3.16. The van der Waals surface area contributed by atoms with Gasteiger partial charge in [0.1, 0.15) is 0 Å². The maximum absolute atomic E-state index is 3.47. The molecule has 0 radical (unpaired) electrons. The molecule has 1 aromatic rings. The molecule has 1 aliphatic rings. The zero-order valence-corrected chi connectivity index (χ0v) is 12.1. The zero-order chi connectivity index (χ0) is 13.1. The molecule has 18 heavy (non-hydrogen) atoms. The van der Waals surface area contributed by atoms with Crippen LogP contribution in [0.1, 0.15) is 36.9 Å². The fourth-order valence-electron chi connectivity index (χ4n) is 2.59. The van der Waals surface area contributed by atoms with Crippen LogP contribution in [0.25, 0.3) is 0 Å². The van der Waals surface area contributed by atoms with Crippen molar-refractivity contribution in [1.82, 2.24) is 10.2 Å². The third-order valence-electron chi connectivity index (χ3n) is 4.17. The Morgan fingerprint density at radius 1 is 1.28 bits per heavy atom. The lowest BCUT2D eigenvalue weighted by molar-refractivity contribution is 0.204. The van der Waals surface area contributed by atoms with Crippen LogP contribution in [-0.2, 0) is 0 Å². The predicted molar refractivity (Wildman–Crippen MR) is 77.8 cm³/mol. The van der Waals surface area contributed by atoms with Crippen molar-refractivity contribution >= 4 is 0 Å². The van der Waals surface area contributed by atoms with Gasteiger partial charge in [0.05, 0.1) is 0 Å². The Kier molecular flexibility index (Phi) is 4.41. The second-order valence-electron chi connectivity index (χ2n) is 5.80. The molecule has 0 spiro atoms. The van der Waals surface area contributed by atoms with E-state index in [4.69, 9.17) is 0 Å². The summed E-state index contributed by atoms with van der Waals surface area (Å²) in [6.45, 7) is 5.70. The van der Waals surface area contributed by atoms with E-state index < -0.39 is 0 Å². The van der Waals surface area contributed by atoms with Crippen LogP contribution in [0.3, 0.4) is 0 Å². The third-order valence-corrected chi connectivity index (χ3v) is 4.17. The van der Waals surface area contributed by atoms with E-state index in [1.54, 1.807) is 0 Å². The normalized spacial score (nSPS) is 18.9. The SMILES string of the molecule is CNC(c1ccc(C)cc1)C(C)N(C)CC1CC1. The van der Waals surface area contributed by atoms with Crippen LogP contribution in [0.5, 0.6) is 0 Å². The van der Waals surface area contributed by atoms with Gasteiger partial charge >= 0.3 is 0 Å². The smallest absolute Gasteiger partial charge is 0.0472 e. The topological polar surface area (TPSA) is 15.3 Å². The van der Waals surface area contributed by atoms with E-state index in [1.165, 1.54) is 30.5 Å². The van der Waals surface area contributed by atoms with Crippen molar-refractivity contribution in [3.05, 3.63) is 35.4 Å². The van der Waals surface area contributed by atoms with Gasteiger partial charge in [0.2, 0.25) is 0 Å². The van der Waals surface area contributed by atoms with Crippen molar-refractivity contribution in [2.24, 2.45) is 5.92 Å². The number of aryl methyl sites for hydroxylation is 1. The number of hydrogen-bond donors (Lipinski definition) is 1. The summed E-state index contributed by atoms with van der Waals surface area (Å²) < 4.78 is 0. The van der Waals surface area contributed by atoms with Crippen molar-refractivity contribution in [3.8, 4) is 0 Å². The lowest BCUT2D eigenvalue weighted by Gasteiger charge is -2.32. The summed E-state index contributed by atoms with van der Waals surface area (Å²) >= 11 is 0. The first-order valence-corrected chi connectivity index (χ1v) is 7.06. The molecule has 0 amide bonds. The van der Waals surface area contributed by atoms with E-state index in [2.05, 4.69) is 62.4 Å². The molecule has 2 unspecified atom stereocenters. The molecular formula is C16H26N2. The van der Waals surface area contributed by atoms with Gasteiger partial charge in [-0.15, -0.1) is 0 Å². The minimum absolute atomic E-state index is 0.411. The van der Waals surface area contributed by atoms with E-state index in [0.29, 0.717) is 12.1 Å². The van der Waals surface area contributed by atoms with Crippen LogP contribution < -0.4 is 5.32 Å². The fourth-order valence-corrected chi connectivity index (χ4v) is 2.59. The molecule has 0 saturated heterocycles. The molecular weight excluding hydrogens is 220 g/mol. The highest BCUT2D eigenvalue weighted by Crippen LogP contribution is 2.31. The van der Waals surface area contributed by atoms with Gasteiger partial charge in [0.25, 0.3) is 0 Å². The molecule has 1 aromatic carbocycles. The zero-order valence-electron chi connectivity index (χ0n) is 12.1. The van der Waals surface area contributed by atoms with Gasteiger partial charge in [-0.25, -0.2) is 0 Å². The summed E-state index contributed by atoms with van der Waals surface area (Å²) in [7, 11) is 4.31. The van der Waals surface area contributed by atoms with E-state index in [-0.39, 0.29) is 0 Å². The first kappa shape index (κ1) is 13.6. The van der Waals surface area contributed by atoms with Gasteiger partial charge in [-0.3, -0.25) is 0 Å². The van der Waals surface area contributed by atoms with Crippen LogP contribution in [0.15, 0.2) is 24.3 Å². The van der Waals surface area contributed by atoms with Gasteiger partial charge in [0, 0.05) is 18.6 Å². The van der Waals surface area contributed by atoms with Crippen LogP contribution in [-0.4, -0.2) is 31.6 Å². The summed E-state index contributed by atoms with van der Waals surface area (Å²) in [5, 5.41) is 3.47. The Labute approximate surface area is 111 Å². The molecule has 2 heteroatoms. The van der Waals surface area contributed by atoms with E-state index in [9.17, 15) is 0 Å². The van der Waals surface area contributed by atoms with E-state index >= 15 is 0 Å². The summed E-state index contributed by atoms with van der Waals surface area (Å²) in [6, 6.07) is 9.84. The highest BCUT2D eigenvalue weighted by molar-refractivity contribution is 5.25. The number of nitrogens with one attached hydrogen (secondary N) is 1. The second kappa shape index (κ2) is 5.85. The van der Waals surface area contributed by atoms with Gasteiger partial charge < -0.3 is 10.2 Å². The van der Waals surface area contributed by atoms with Crippen molar-refractivity contribution < 1.29 is 0 Å². The molecule has 1 fully saturated rings. The molecule has 1 N–H and O–H groups in total. The molecule has 1 saturated carbocycles. The number of hydrogen-bond acceptors (Lipinski definition) is 2. The highest BCUT2D eigenvalue weighted by atomic mass is 15.2. The molecule has 100 valence electrons. The number of likely N-dealkylation sites (N-methyl/N-ethyl adjacent to an activating group) is 2. The minimum Gasteiger partial charge on any atom is -0.312 e. The van der Waals surface area contributed by atoms with Gasteiger partial charge in [-0.1, -0.05) is 29.8 Å². The highest BCUT2D eigenvalue weighted by Gasteiger charge is 2.27. The third kappa shape index (κ3) is 3.33. The lowest BCUT2D eigenvalue weighted by Crippen LogP contribution is -2.40. The number of nitrogens with zero attached hydrogens (tertiary/aromatic N) is 1. The molecule has 0 heterocycles. The largest absolute Gasteiger partial charge is 0.312 e. The maximum atomic E-state index is 3.47. The maximum Gasteiger partial charge on any atom is 0.0472 e. The van der Waals surface area contributed by atoms with E-state index in [0.717, 1.165) is 5.92 Å². The Balaban J connectivity index is 2.03. The van der Waals surface area contributed by atoms with Crippen LogP contribution in [0.4, 0.5) is 0 Å². The lowest BCUT2D eigenvalue weighted by atomic mass is 9.98. The van der Waals surface area contributed by atoms with Crippen molar-refractivity contribution in [2.45, 2.75) is 38.8 Å². The van der Waals surface area contributed by atoms with Crippen LogP contribution >= 0.6 is 0 Å². The van der Waals surface area contributed by atoms with Crippen molar-refractivity contribution in [1.29, 1.82) is 0 Å². The van der Waals surface area contributed by atoms with Crippen molar-refractivity contribution in [3.63, 3.8) is 0 Å². The Morgan fingerprint density at radius 3 is 2.39 bits per heavy atom. The minimum atomic E-state index is 0.411. The van der Waals surface area contributed by atoms with E-state index in [1.807, 2.05) is 0 Å². The van der Waals surface area contributed by atoms with Gasteiger partial charge in [-0.05, 0) is 52.3 Å². The number of rotatable bonds is 6.